The van der Waals surface area contributed by atoms with Crippen LogP contribution in [0.15, 0.2) is 48.6 Å². The van der Waals surface area contributed by atoms with Gasteiger partial charge in [0, 0.05) is 30.6 Å². The quantitative estimate of drug-likeness (QED) is 0.214. The van der Waals surface area contributed by atoms with E-state index in [2.05, 4.69) is 0 Å². The van der Waals surface area contributed by atoms with Gasteiger partial charge in [-0.1, -0.05) is 89.6 Å². The van der Waals surface area contributed by atoms with E-state index in [0.29, 0.717) is 77.0 Å². The van der Waals surface area contributed by atoms with Gasteiger partial charge in [-0.15, -0.1) is 0 Å². The highest BCUT2D eigenvalue weighted by Gasteiger charge is 2.70. The standard InChI is InChI=1S/C47H72BO14/c1-8-22-40-34(6)38(51)29-36(49)25-20-16-13-11-15-19-24-33(5)56-45(54)43-47-31(3)27-28-41(58-47)35(7)39(52)30-37(50)26-21-17-12-10-14-18-23-32(4)55-44(53)42-46(9-2,57-40)61-48(59-42,60-43)62-47/h10-17,31-37,40-43,49-50H,8-9,18-30H2,1-7H3/q-1/b14-10-,15-11-,16-13+,17-12+/t31-,32?,33?,34?,35?,36?,37?,40+,41+,42?,43?,46+,47+,48?/m1/s1. The molecule has 0 saturated carbocycles. The van der Waals surface area contributed by atoms with Gasteiger partial charge in [-0.05, 0) is 90.9 Å². The first-order valence-electron chi connectivity index (χ1n) is 23.3. The number of esters is 2. The molecule has 14 nitrogen and oxygen atoms in total. The molecule has 0 aromatic carbocycles. The van der Waals surface area contributed by atoms with Gasteiger partial charge in [0.1, 0.15) is 11.6 Å². The number of Topliss-reactive ketones (excluding diaryl/α,β-unsaturated/α-hetero) is 2. The average molecular weight is 872 g/mol. The molecule has 5 rings (SSSR count). The molecule has 0 aromatic heterocycles. The van der Waals surface area contributed by atoms with E-state index < -0.39 is 97.1 Å². The lowest BCUT2D eigenvalue weighted by molar-refractivity contribution is -0.287. The predicted octanol–water partition coefficient (Wildman–Crippen LogP) is 7.20. The molecule has 3 saturated heterocycles. The highest BCUT2D eigenvalue weighted by atomic mass is 17.0. The maximum absolute atomic E-state index is 14.5. The number of ether oxygens (including phenoxy) is 4. The Hall–Kier alpha value is -3.02. The van der Waals surface area contributed by atoms with E-state index in [1.54, 1.807) is 34.6 Å². The van der Waals surface area contributed by atoms with Gasteiger partial charge >= 0.3 is 18.9 Å². The van der Waals surface area contributed by atoms with Crippen molar-refractivity contribution in [3.05, 3.63) is 48.6 Å². The van der Waals surface area contributed by atoms with Crippen LogP contribution in [-0.4, -0.2) is 101 Å². The fourth-order valence-electron chi connectivity index (χ4n) is 9.02. The summed E-state index contributed by atoms with van der Waals surface area (Å²) in [5.41, 5.74) is 0. The van der Waals surface area contributed by atoms with E-state index in [1.165, 1.54) is 0 Å². The van der Waals surface area contributed by atoms with Crippen LogP contribution in [0.1, 0.15) is 145 Å². The van der Waals surface area contributed by atoms with Gasteiger partial charge in [-0.25, -0.2) is 9.59 Å². The van der Waals surface area contributed by atoms with Crippen LogP contribution < -0.4 is 0 Å². The van der Waals surface area contributed by atoms with Gasteiger partial charge in [-0.2, -0.15) is 0 Å². The van der Waals surface area contributed by atoms with Crippen molar-refractivity contribution in [3.8, 4) is 0 Å². The van der Waals surface area contributed by atoms with E-state index in [-0.39, 0.29) is 30.8 Å². The molecule has 2 spiro atoms. The second-order valence-corrected chi connectivity index (χ2v) is 18.1. The topological polar surface area (TPSA) is 183 Å². The van der Waals surface area contributed by atoms with Crippen molar-refractivity contribution in [1.29, 1.82) is 0 Å². The lowest BCUT2D eigenvalue weighted by Gasteiger charge is -2.48. The first-order chi connectivity index (χ1) is 29.6. The van der Waals surface area contributed by atoms with E-state index in [1.807, 2.05) is 62.5 Å². The summed E-state index contributed by atoms with van der Waals surface area (Å²) >= 11 is 0. The van der Waals surface area contributed by atoms with E-state index in [0.717, 1.165) is 0 Å². The fraction of sp³-hybridized carbons (Fsp3) is 0.745. The Labute approximate surface area is 368 Å². The molecule has 14 atom stereocenters. The zero-order valence-corrected chi connectivity index (χ0v) is 37.9. The van der Waals surface area contributed by atoms with Gasteiger partial charge in [0.15, 0.2) is 23.8 Å². The lowest BCUT2D eigenvalue weighted by atomic mass is 9.82. The molecule has 5 aliphatic rings. The molecule has 5 heterocycles. The summed E-state index contributed by atoms with van der Waals surface area (Å²) in [6.07, 6.45) is 13.5. The lowest BCUT2D eigenvalue weighted by Crippen LogP contribution is -2.58. The molecule has 0 amide bonds. The summed E-state index contributed by atoms with van der Waals surface area (Å²) < 4.78 is 52.4. The number of ketones is 2. The zero-order valence-electron chi connectivity index (χ0n) is 37.9. The molecule has 5 aliphatic heterocycles. The average Bonchev–Trinajstić information content (AvgIpc) is 3.72. The summed E-state index contributed by atoms with van der Waals surface area (Å²) in [6, 6.07) is 0. The van der Waals surface area contributed by atoms with Crippen molar-refractivity contribution in [2.75, 3.05) is 0 Å². The molecule has 15 heteroatoms. The molecule has 9 unspecified atom stereocenters. The van der Waals surface area contributed by atoms with E-state index >= 15 is 0 Å². The molecule has 6 bridgehead atoms. The summed E-state index contributed by atoms with van der Waals surface area (Å²) in [7, 11) is 0. The highest BCUT2D eigenvalue weighted by Crippen LogP contribution is 2.53. The van der Waals surface area contributed by atoms with Crippen LogP contribution >= 0.6 is 0 Å². The van der Waals surface area contributed by atoms with Crippen molar-refractivity contribution in [2.24, 2.45) is 17.8 Å². The third-order valence-electron chi connectivity index (χ3n) is 13.0. The number of allylic oxidation sites excluding steroid dienone is 8. The van der Waals surface area contributed by atoms with Crippen LogP contribution in [0.4, 0.5) is 0 Å². The van der Waals surface area contributed by atoms with Crippen molar-refractivity contribution in [3.63, 3.8) is 0 Å². The number of carbonyl (C=O) groups is 4. The Morgan fingerprint density at radius 3 is 1.66 bits per heavy atom. The number of hydrogen-bond acceptors (Lipinski definition) is 14. The Kier molecular flexibility index (Phi) is 18.3. The number of aliphatic hydroxyl groups is 2. The minimum absolute atomic E-state index is 0.00207. The van der Waals surface area contributed by atoms with Gasteiger partial charge in [-0.3, -0.25) is 9.59 Å². The number of fused-ring (bicyclic) bond motifs is 5. The van der Waals surface area contributed by atoms with E-state index in [9.17, 15) is 29.4 Å². The number of carbonyl (C=O) groups excluding carboxylic acids is 4. The van der Waals surface area contributed by atoms with Crippen LogP contribution in [0.3, 0.4) is 0 Å². The monoisotopic (exact) mass is 872 g/mol. The van der Waals surface area contributed by atoms with Crippen molar-refractivity contribution in [2.45, 2.75) is 205 Å². The Morgan fingerprint density at radius 1 is 0.629 bits per heavy atom. The summed E-state index contributed by atoms with van der Waals surface area (Å²) in [5.74, 6) is -7.85. The smallest absolute Gasteiger partial charge is 0.504 e. The number of rotatable bonds is 3. The zero-order chi connectivity index (χ0) is 45.1. The second-order valence-electron chi connectivity index (χ2n) is 18.1. The molecule has 62 heavy (non-hydrogen) atoms. The Balaban J connectivity index is 1.61. The molecule has 0 aliphatic carbocycles. The minimum Gasteiger partial charge on any atom is -0.504 e. The summed E-state index contributed by atoms with van der Waals surface area (Å²) in [6.45, 7) is 9.04. The molecule has 2 N–H and O–H groups in total. The maximum atomic E-state index is 14.5. The minimum atomic E-state index is -3.52. The number of cyclic esters (lactones) is 2. The third kappa shape index (κ3) is 12.4. The molecule has 0 aromatic rings. The van der Waals surface area contributed by atoms with E-state index in [4.69, 9.17) is 37.6 Å². The highest BCUT2D eigenvalue weighted by molar-refractivity contribution is 6.56. The van der Waals surface area contributed by atoms with Crippen LogP contribution in [0.2, 0.25) is 0 Å². The Bertz CT molecular complexity index is 1650. The van der Waals surface area contributed by atoms with Crippen LogP contribution in [0.25, 0.3) is 0 Å². The Morgan fingerprint density at radius 2 is 1.13 bits per heavy atom. The molecular weight excluding hydrogens is 799 g/mol. The van der Waals surface area contributed by atoms with Crippen molar-refractivity contribution in [1.82, 2.24) is 0 Å². The number of aliphatic hydroxyl groups excluding tert-OH is 2. The second kappa shape index (κ2) is 22.7. The summed E-state index contributed by atoms with van der Waals surface area (Å²) in [5, 5.41) is 21.7. The largest absolute Gasteiger partial charge is 0.536 e. The van der Waals surface area contributed by atoms with Gasteiger partial charge < -0.3 is 47.8 Å². The molecule has 348 valence electrons. The van der Waals surface area contributed by atoms with Crippen LogP contribution in [0.5, 0.6) is 0 Å². The van der Waals surface area contributed by atoms with Gasteiger partial charge in [0.05, 0.1) is 36.6 Å². The fourth-order valence-corrected chi connectivity index (χ4v) is 9.02. The first kappa shape index (κ1) is 50.0. The maximum Gasteiger partial charge on any atom is 0.536 e. The van der Waals surface area contributed by atoms with Gasteiger partial charge in [0.2, 0.25) is 0 Å². The third-order valence-corrected chi connectivity index (χ3v) is 13.0. The molecule has 3 fully saturated rings. The predicted molar refractivity (Wildman–Crippen MR) is 231 cm³/mol. The SMILES string of the molecule is CCC[C@@H]1O[C@@]2(CC)O[B-]34OC2C(=O)OC(C)CC/C=C\C=C\CCC(O)CC(=O)C(C)[C@@H]2CC[C@@H](C)[C@](O2)(O3)C(O4)C(=O)OC(C)CC/C=C\C=C\CCC(O)CC(=O)C1C. The summed E-state index contributed by atoms with van der Waals surface area (Å²) in [4.78, 5) is 56.5. The van der Waals surface area contributed by atoms with Gasteiger partial charge in [0.25, 0.3) is 0 Å². The van der Waals surface area contributed by atoms with Crippen molar-refractivity contribution < 1.29 is 67.0 Å². The van der Waals surface area contributed by atoms with Crippen LogP contribution in [0, 0.1) is 17.8 Å². The van der Waals surface area contributed by atoms with Crippen molar-refractivity contribution >= 4 is 30.5 Å². The van der Waals surface area contributed by atoms with Crippen LogP contribution in [-0.2, 0) is 56.7 Å². The number of hydrogen-bond donors (Lipinski definition) is 2. The molecule has 0 radical (unpaired) electrons. The molecular formula is C47H72BO14-. The normalized spacial score (nSPS) is 43.5. The first-order valence-corrected chi connectivity index (χ1v) is 23.3.